The van der Waals surface area contributed by atoms with E-state index in [0.29, 0.717) is 13.2 Å². The van der Waals surface area contributed by atoms with Gasteiger partial charge in [0.15, 0.2) is 5.60 Å². The fraction of sp³-hybridized carbons (Fsp3) is 0.357. The summed E-state index contributed by atoms with van der Waals surface area (Å²) in [6.45, 7) is 12.8. The molecule has 0 atom stereocenters. The zero-order valence-corrected chi connectivity index (χ0v) is 39.5. The lowest BCUT2D eigenvalue weighted by Gasteiger charge is -2.52. The zero-order valence-electron chi connectivity index (χ0n) is 38.6. The van der Waals surface area contributed by atoms with Gasteiger partial charge >= 0.3 is 0 Å². The molecule has 0 amide bonds. The smallest absolute Gasteiger partial charge is 0.178 e. The van der Waals surface area contributed by atoms with Gasteiger partial charge in [-0.25, -0.2) is 0 Å². The third-order valence-electron chi connectivity index (χ3n) is 14.3. The first-order valence-corrected chi connectivity index (χ1v) is 23.7. The Morgan fingerprint density at radius 2 is 1.22 bits per heavy atom. The summed E-state index contributed by atoms with van der Waals surface area (Å²) in [6, 6.07) is 34.9. The Hall–Kier alpha value is -5.57. The lowest BCUT2D eigenvalue weighted by atomic mass is 9.52. The molecule has 7 nitrogen and oxygen atoms in total. The Morgan fingerprint density at radius 1 is 0.609 bits per heavy atom. The van der Waals surface area contributed by atoms with E-state index in [1.807, 2.05) is 48.2 Å². The van der Waals surface area contributed by atoms with Crippen molar-refractivity contribution in [3.63, 3.8) is 0 Å². The van der Waals surface area contributed by atoms with Crippen LogP contribution >= 0.6 is 11.8 Å². The van der Waals surface area contributed by atoms with E-state index in [9.17, 15) is 0 Å². The molecule has 0 radical (unpaired) electrons. The van der Waals surface area contributed by atoms with Crippen molar-refractivity contribution >= 4 is 34.3 Å². The van der Waals surface area contributed by atoms with Crippen molar-refractivity contribution in [2.75, 3.05) is 65.9 Å². The van der Waals surface area contributed by atoms with Gasteiger partial charge in [-0.1, -0.05) is 64.1 Å². The van der Waals surface area contributed by atoms with Crippen LogP contribution < -0.4 is 28.6 Å². The first kappa shape index (κ1) is 42.4. The molecule has 330 valence electrons. The highest BCUT2D eigenvalue weighted by Gasteiger charge is 2.56. The minimum atomic E-state index is -0.983. The minimum Gasteiger partial charge on any atom is -0.497 e. The molecule has 2 heterocycles. The average molecular weight is 874 g/mol. The summed E-state index contributed by atoms with van der Waals surface area (Å²) in [5.74, 6) is 3.95. The lowest BCUT2D eigenvalue weighted by molar-refractivity contribution is 0.0641. The van der Waals surface area contributed by atoms with E-state index in [2.05, 4.69) is 112 Å². The lowest BCUT2D eigenvalue weighted by Crippen LogP contribution is -2.44. The van der Waals surface area contributed by atoms with Gasteiger partial charge in [-0.05, 0) is 131 Å². The normalized spacial score (nSPS) is 18.5. The predicted molar refractivity (Wildman–Crippen MR) is 261 cm³/mol. The second-order valence-electron chi connectivity index (χ2n) is 19.6. The summed E-state index contributed by atoms with van der Waals surface area (Å²) in [5.41, 5.74) is 10.8. The Balaban J connectivity index is 1.36. The Kier molecular flexibility index (Phi) is 10.5. The quantitative estimate of drug-likeness (QED) is 0.133. The Morgan fingerprint density at radius 3 is 1.81 bits per heavy atom. The molecule has 8 heteroatoms. The van der Waals surface area contributed by atoms with Crippen molar-refractivity contribution in [3.05, 3.63) is 131 Å². The first-order chi connectivity index (χ1) is 30.9. The molecule has 0 bridgehead atoms. The van der Waals surface area contributed by atoms with E-state index in [1.54, 1.807) is 28.4 Å². The van der Waals surface area contributed by atoms with Gasteiger partial charge in [0.05, 0.1) is 41.7 Å². The molecule has 1 saturated carbocycles. The van der Waals surface area contributed by atoms with Crippen LogP contribution in [0.2, 0.25) is 0 Å². The third kappa shape index (κ3) is 6.82. The molecule has 0 N–H and O–H groups in total. The molecule has 2 aliphatic heterocycles. The summed E-state index contributed by atoms with van der Waals surface area (Å²) < 4.78 is 37.2. The van der Waals surface area contributed by atoms with Gasteiger partial charge in [-0.15, -0.1) is 11.8 Å². The summed E-state index contributed by atoms with van der Waals surface area (Å²) >= 11 is 1.82. The molecular formula is C56H59NO6S. The van der Waals surface area contributed by atoms with E-state index >= 15 is 0 Å². The van der Waals surface area contributed by atoms with Crippen LogP contribution in [0.3, 0.4) is 0 Å². The number of benzene rings is 6. The summed E-state index contributed by atoms with van der Waals surface area (Å²) in [6.07, 6.45) is 10.1. The van der Waals surface area contributed by atoms with E-state index in [4.69, 9.17) is 28.4 Å². The second-order valence-corrected chi connectivity index (χ2v) is 20.4. The van der Waals surface area contributed by atoms with E-state index in [1.165, 1.54) is 32.5 Å². The highest BCUT2D eigenvalue weighted by molar-refractivity contribution is 7.98. The van der Waals surface area contributed by atoms with Gasteiger partial charge in [0, 0.05) is 68.4 Å². The molecule has 10 rings (SSSR count). The number of hydrogen-bond donors (Lipinski definition) is 0. The van der Waals surface area contributed by atoms with Gasteiger partial charge < -0.3 is 33.3 Å². The standard InChI is InChI=1S/C56H59NO6S/c1-53(2)32-54(3,4)34-55(33-53)47-29-40(64-9)19-21-42(47)50-45-31-48(57-24-26-62-27-25-57)44(41-20-18-39(60-7)28-49(41)61-8)30-46(45)52-43(51(50)55)22-23-56(63-52,35-10-14-37(58-5)15-11-35)36-12-16-38(59-6)17-13-36/h10-23,28-31H,24-27,32-34H2,1-9H3. The highest BCUT2D eigenvalue weighted by atomic mass is 32.2. The Labute approximate surface area is 382 Å². The highest BCUT2D eigenvalue weighted by Crippen LogP contribution is 2.67. The van der Waals surface area contributed by atoms with Crippen molar-refractivity contribution in [2.24, 2.45) is 10.8 Å². The average Bonchev–Trinajstić information content (AvgIpc) is 3.57. The molecule has 1 spiro atoms. The molecule has 2 aliphatic carbocycles. The Bertz CT molecular complexity index is 2740. The largest absolute Gasteiger partial charge is 0.497 e. The molecule has 0 unspecified atom stereocenters. The minimum absolute atomic E-state index is 0.0841. The van der Waals surface area contributed by atoms with Crippen LogP contribution in [0.4, 0.5) is 5.69 Å². The van der Waals surface area contributed by atoms with E-state index < -0.39 is 5.60 Å². The molecule has 2 fully saturated rings. The molecule has 64 heavy (non-hydrogen) atoms. The maximum absolute atomic E-state index is 7.97. The zero-order chi connectivity index (χ0) is 44.6. The van der Waals surface area contributed by atoms with Gasteiger partial charge in [-0.3, -0.25) is 0 Å². The number of morpholine rings is 1. The number of nitrogens with zero attached hydrogens (tertiary/aromatic N) is 1. The number of hydrogen-bond acceptors (Lipinski definition) is 8. The van der Waals surface area contributed by atoms with Gasteiger partial charge in [-0.2, -0.15) is 0 Å². The van der Waals surface area contributed by atoms with Crippen molar-refractivity contribution < 1.29 is 28.4 Å². The van der Waals surface area contributed by atoms with Crippen molar-refractivity contribution in [1.29, 1.82) is 0 Å². The molecule has 6 aromatic carbocycles. The summed E-state index contributed by atoms with van der Waals surface area (Å²) in [4.78, 5) is 3.78. The van der Waals surface area contributed by atoms with Gasteiger partial charge in [0.1, 0.15) is 28.7 Å². The molecule has 1 saturated heterocycles. The third-order valence-corrected chi connectivity index (χ3v) is 15.0. The molecular weight excluding hydrogens is 815 g/mol. The van der Waals surface area contributed by atoms with E-state index in [0.717, 1.165) is 100.0 Å². The summed E-state index contributed by atoms with van der Waals surface area (Å²) in [5, 5.41) is 2.25. The number of anilines is 1. The van der Waals surface area contributed by atoms with Crippen LogP contribution in [-0.2, 0) is 15.8 Å². The monoisotopic (exact) mass is 873 g/mol. The van der Waals surface area contributed by atoms with Crippen LogP contribution in [0.25, 0.3) is 39.1 Å². The second kappa shape index (κ2) is 15.8. The number of methoxy groups -OCH3 is 4. The maximum Gasteiger partial charge on any atom is 0.178 e. The molecule has 0 aromatic heterocycles. The molecule has 4 aliphatic rings. The van der Waals surface area contributed by atoms with Crippen LogP contribution in [-0.4, -0.2) is 61.0 Å². The summed E-state index contributed by atoms with van der Waals surface area (Å²) in [7, 11) is 6.85. The number of ether oxygens (including phenoxy) is 6. The first-order valence-electron chi connectivity index (χ1n) is 22.5. The molecule has 6 aromatic rings. The fourth-order valence-electron chi connectivity index (χ4n) is 12.3. The van der Waals surface area contributed by atoms with E-state index in [-0.39, 0.29) is 16.2 Å². The number of thioether (sulfide) groups is 1. The van der Waals surface area contributed by atoms with Crippen LogP contribution in [0.15, 0.2) is 108 Å². The predicted octanol–water partition coefficient (Wildman–Crippen LogP) is 13.0. The van der Waals surface area contributed by atoms with Crippen LogP contribution in [0.5, 0.6) is 28.7 Å². The SMILES string of the molecule is COc1ccc(C2(c3ccc(OC)cc3)C=Cc3c4c(c5cc(N6CCOCC6)c(-c6ccc(OC)cc6OC)cc5c3O2)-c2ccc(SC)cc2C42CC(C)(C)CC(C)(C)C2)cc1. The van der Waals surface area contributed by atoms with Crippen LogP contribution in [0, 0.1) is 10.8 Å². The van der Waals surface area contributed by atoms with Crippen molar-refractivity contribution in [3.8, 4) is 51.0 Å². The van der Waals surface area contributed by atoms with Gasteiger partial charge in [0.2, 0.25) is 0 Å². The number of fused-ring (bicyclic) bond motifs is 10. The van der Waals surface area contributed by atoms with Crippen molar-refractivity contribution in [1.82, 2.24) is 0 Å². The fourth-order valence-corrected chi connectivity index (χ4v) is 12.7. The van der Waals surface area contributed by atoms with Crippen LogP contribution in [0.1, 0.15) is 74.8 Å². The maximum atomic E-state index is 7.97. The number of rotatable bonds is 9. The van der Waals surface area contributed by atoms with Gasteiger partial charge in [0.25, 0.3) is 0 Å². The van der Waals surface area contributed by atoms with Crippen molar-refractivity contribution in [2.45, 2.75) is 62.9 Å². The topological polar surface area (TPSA) is 58.6 Å².